The number of carbonyl (C=O) groups excluding carboxylic acids is 1. The second-order valence-electron chi connectivity index (χ2n) is 5.55. The number of aromatic nitrogens is 1. The van der Waals surface area contributed by atoms with Crippen LogP contribution in [0.3, 0.4) is 0 Å². The molecule has 1 N–H and O–H groups in total. The third-order valence-electron chi connectivity index (χ3n) is 4.06. The molecule has 0 radical (unpaired) electrons. The summed E-state index contributed by atoms with van der Waals surface area (Å²) in [6, 6.07) is 9.91. The number of para-hydroxylation sites is 1. The predicted molar refractivity (Wildman–Crippen MR) is 86.0 cm³/mol. The van der Waals surface area contributed by atoms with Crippen LogP contribution in [-0.2, 0) is 4.79 Å². The number of amides is 1. The fourth-order valence-electron chi connectivity index (χ4n) is 2.69. The molecule has 1 aromatic carbocycles. The van der Waals surface area contributed by atoms with E-state index >= 15 is 0 Å². The highest BCUT2D eigenvalue weighted by atomic mass is 16.2. The average molecular weight is 294 g/mol. The summed E-state index contributed by atoms with van der Waals surface area (Å²) in [4.78, 5) is 19.6. The van der Waals surface area contributed by atoms with Gasteiger partial charge in [-0.15, -0.1) is 0 Å². The third kappa shape index (κ3) is 2.74. The van der Waals surface area contributed by atoms with Gasteiger partial charge in [0, 0.05) is 48.8 Å². The molecule has 0 unspecified atom stereocenters. The summed E-state index contributed by atoms with van der Waals surface area (Å²) in [5, 5.41) is 10.4. The van der Waals surface area contributed by atoms with Crippen molar-refractivity contribution in [1.82, 2.24) is 14.8 Å². The maximum Gasteiger partial charge on any atom is 0.264 e. The van der Waals surface area contributed by atoms with Crippen molar-refractivity contribution in [3.8, 4) is 6.07 Å². The Labute approximate surface area is 129 Å². The van der Waals surface area contributed by atoms with E-state index in [1.807, 2.05) is 37.5 Å². The number of likely N-dealkylation sites (N-methyl/N-ethyl adjacent to an activating group) is 1. The van der Waals surface area contributed by atoms with E-state index in [1.54, 1.807) is 11.0 Å². The lowest BCUT2D eigenvalue weighted by atomic mass is 10.1. The van der Waals surface area contributed by atoms with Crippen molar-refractivity contribution in [3.63, 3.8) is 0 Å². The number of benzene rings is 1. The lowest BCUT2D eigenvalue weighted by molar-refractivity contribution is -0.128. The van der Waals surface area contributed by atoms with Crippen LogP contribution in [0.15, 0.2) is 36.0 Å². The van der Waals surface area contributed by atoms with Gasteiger partial charge in [0.15, 0.2) is 0 Å². The average Bonchev–Trinajstić information content (AvgIpc) is 2.96. The largest absolute Gasteiger partial charge is 0.361 e. The molecule has 1 fully saturated rings. The molecule has 0 saturated carbocycles. The van der Waals surface area contributed by atoms with Crippen LogP contribution in [0.4, 0.5) is 0 Å². The minimum atomic E-state index is -0.180. The molecule has 2 heterocycles. The van der Waals surface area contributed by atoms with Crippen LogP contribution < -0.4 is 0 Å². The van der Waals surface area contributed by atoms with Gasteiger partial charge in [-0.1, -0.05) is 18.2 Å². The molecule has 112 valence electrons. The molecule has 0 spiro atoms. The monoisotopic (exact) mass is 294 g/mol. The number of nitrogens with zero attached hydrogens (tertiary/aromatic N) is 3. The van der Waals surface area contributed by atoms with Crippen LogP contribution >= 0.6 is 0 Å². The van der Waals surface area contributed by atoms with Crippen molar-refractivity contribution >= 4 is 22.9 Å². The molecular formula is C17H18N4O. The van der Waals surface area contributed by atoms with E-state index in [9.17, 15) is 10.1 Å². The lowest BCUT2D eigenvalue weighted by Gasteiger charge is -2.32. The normalized spacial score (nSPS) is 16.7. The minimum absolute atomic E-state index is 0.180. The van der Waals surface area contributed by atoms with Crippen LogP contribution in [0.1, 0.15) is 5.56 Å². The Bertz CT molecular complexity index is 760. The molecule has 0 aliphatic carbocycles. The van der Waals surface area contributed by atoms with Crippen molar-refractivity contribution < 1.29 is 4.79 Å². The standard InChI is InChI=1S/C17H18N4O/c1-20-6-8-21(9-7-20)17(22)13(11-18)10-14-12-19-16-5-3-2-4-15(14)16/h2-5,10,12,19H,6-9H2,1H3/b13-10+. The number of nitrogens with one attached hydrogen (secondary N) is 1. The van der Waals surface area contributed by atoms with E-state index in [-0.39, 0.29) is 11.5 Å². The Kier molecular flexibility index (Phi) is 3.94. The van der Waals surface area contributed by atoms with Gasteiger partial charge >= 0.3 is 0 Å². The van der Waals surface area contributed by atoms with E-state index < -0.39 is 0 Å². The van der Waals surface area contributed by atoms with E-state index in [4.69, 9.17) is 0 Å². The highest BCUT2D eigenvalue weighted by Crippen LogP contribution is 2.21. The quantitative estimate of drug-likeness (QED) is 0.679. The van der Waals surface area contributed by atoms with E-state index in [1.165, 1.54) is 0 Å². The number of piperazine rings is 1. The van der Waals surface area contributed by atoms with E-state index in [0.717, 1.165) is 29.6 Å². The molecule has 5 heteroatoms. The molecule has 3 rings (SSSR count). The number of fused-ring (bicyclic) bond motifs is 1. The molecule has 1 aliphatic heterocycles. The first-order chi connectivity index (χ1) is 10.7. The zero-order valence-electron chi connectivity index (χ0n) is 12.5. The number of H-pyrrole nitrogens is 1. The second kappa shape index (κ2) is 6.04. The highest BCUT2D eigenvalue weighted by molar-refractivity contribution is 6.04. The molecule has 22 heavy (non-hydrogen) atoms. The molecule has 1 saturated heterocycles. The third-order valence-corrected chi connectivity index (χ3v) is 4.06. The summed E-state index contributed by atoms with van der Waals surface area (Å²) in [5.41, 5.74) is 2.06. The van der Waals surface area contributed by atoms with Gasteiger partial charge in [0.25, 0.3) is 5.91 Å². The zero-order chi connectivity index (χ0) is 15.5. The molecule has 1 aliphatic rings. The van der Waals surface area contributed by atoms with Crippen LogP contribution in [0.25, 0.3) is 17.0 Å². The van der Waals surface area contributed by atoms with Gasteiger partial charge in [-0.05, 0) is 19.2 Å². The first kappa shape index (κ1) is 14.4. The SMILES string of the molecule is CN1CCN(C(=O)/C(C#N)=C/c2c[nH]c3ccccc23)CC1. The molecule has 1 amide bonds. The smallest absolute Gasteiger partial charge is 0.264 e. The first-order valence-electron chi connectivity index (χ1n) is 7.35. The van der Waals surface area contributed by atoms with Crippen molar-refractivity contribution in [2.24, 2.45) is 0 Å². The fraction of sp³-hybridized carbons (Fsp3) is 0.294. The summed E-state index contributed by atoms with van der Waals surface area (Å²) < 4.78 is 0. The predicted octanol–water partition coefficient (Wildman–Crippen LogP) is 1.85. The molecule has 5 nitrogen and oxygen atoms in total. The Morgan fingerprint density at radius 2 is 2.00 bits per heavy atom. The van der Waals surface area contributed by atoms with Crippen LogP contribution in [0.5, 0.6) is 0 Å². The van der Waals surface area contributed by atoms with Crippen LogP contribution in [0.2, 0.25) is 0 Å². The summed E-state index contributed by atoms with van der Waals surface area (Å²) in [7, 11) is 2.04. The number of aromatic amines is 1. The maximum absolute atomic E-state index is 12.5. The Morgan fingerprint density at radius 1 is 1.27 bits per heavy atom. The molecule has 0 atom stereocenters. The summed E-state index contributed by atoms with van der Waals surface area (Å²) in [6.07, 6.45) is 3.51. The fourth-order valence-corrected chi connectivity index (χ4v) is 2.69. The van der Waals surface area contributed by atoms with E-state index in [0.29, 0.717) is 13.1 Å². The van der Waals surface area contributed by atoms with Crippen molar-refractivity contribution in [1.29, 1.82) is 5.26 Å². The van der Waals surface area contributed by atoms with Crippen molar-refractivity contribution in [2.75, 3.05) is 33.2 Å². The van der Waals surface area contributed by atoms with Crippen molar-refractivity contribution in [3.05, 3.63) is 41.6 Å². The minimum Gasteiger partial charge on any atom is -0.361 e. The van der Waals surface area contributed by atoms with Crippen LogP contribution in [-0.4, -0.2) is 53.9 Å². The van der Waals surface area contributed by atoms with Crippen molar-refractivity contribution in [2.45, 2.75) is 0 Å². The Morgan fingerprint density at radius 3 is 2.73 bits per heavy atom. The van der Waals surface area contributed by atoms with Gasteiger partial charge in [0.1, 0.15) is 11.6 Å². The van der Waals surface area contributed by atoms with Gasteiger partial charge in [-0.2, -0.15) is 5.26 Å². The topological polar surface area (TPSA) is 63.1 Å². The lowest BCUT2D eigenvalue weighted by Crippen LogP contribution is -2.47. The van der Waals surface area contributed by atoms with Crippen LogP contribution in [0, 0.1) is 11.3 Å². The van der Waals surface area contributed by atoms with Gasteiger partial charge in [0.05, 0.1) is 0 Å². The second-order valence-corrected chi connectivity index (χ2v) is 5.55. The first-order valence-corrected chi connectivity index (χ1v) is 7.35. The summed E-state index contributed by atoms with van der Waals surface area (Å²) >= 11 is 0. The Balaban J connectivity index is 1.87. The van der Waals surface area contributed by atoms with Gasteiger partial charge in [-0.3, -0.25) is 4.79 Å². The molecule has 2 aromatic rings. The number of hydrogen-bond donors (Lipinski definition) is 1. The van der Waals surface area contributed by atoms with Gasteiger partial charge < -0.3 is 14.8 Å². The number of carbonyl (C=O) groups is 1. The van der Waals surface area contributed by atoms with Gasteiger partial charge in [-0.25, -0.2) is 0 Å². The molecule has 0 bridgehead atoms. The van der Waals surface area contributed by atoms with Gasteiger partial charge in [0.2, 0.25) is 0 Å². The highest BCUT2D eigenvalue weighted by Gasteiger charge is 2.22. The number of hydrogen-bond acceptors (Lipinski definition) is 3. The summed E-state index contributed by atoms with van der Waals surface area (Å²) in [6.45, 7) is 3.03. The maximum atomic E-state index is 12.5. The zero-order valence-corrected chi connectivity index (χ0v) is 12.5. The number of nitriles is 1. The molecular weight excluding hydrogens is 276 g/mol. The Hall–Kier alpha value is -2.58. The summed E-state index contributed by atoms with van der Waals surface area (Å²) in [5.74, 6) is -0.180. The molecule has 1 aromatic heterocycles. The number of rotatable bonds is 2. The van der Waals surface area contributed by atoms with E-state index in [2.05, 4.69) is 16.0 Å².